The van der Waals surface area contributed by atoms with Crippen LogP contribution < -0.4 is 0 Å². The van der Waals surface area contributed by atoms with E-state index < -0.39 is 16.0 Å². The van der Waals surface area contributed by atoms with Crippen molar-refractivity contribution in [2.75, 3.05) is 0 Å². The molecule has 0 spiro atoms. The first kappa shape index (κ1) is 10.2. The molecule has 0 N–H and O–H groups in total. The molecule has 1 aliphatic rings. The van der Waals surface area contributed by atoms with Crippen LogP contribution in [0.1, 0.15) is 34.1 Å². The summed E-state index contributed by atoms with van der Waals surface area (Å²) in [4.78, 5) is 0. The average Bonchev–Trinajstić information content (AvgIpc) is 2.37. The molecule has 0 aromatic carbocycles. The van der Waals surface area contributed by atoms with Crippen molar-refractivity contribution in [3.05, 3.63) is 22.4 Å². The van der Waals surface area contributed by atoms with E-state index in [2.05, 4.69) is 45.9 Å². The molecule has 71 valence electrons. The first-order chi connectivity index (χ1) is 5.63. The van der Waals surface area contributed by atoms with Crippen molar-refractivity contribution in [3.8, 4) is 0 Å². The molecule has 0 saturated heterocycles. The van der Waals surface area contributed by atoms with Crippen LogP contribution in [-0.4, -0.2) is 0 Å². The van der Waals surface area contributed by atoms with Crippen LogP contribution in [0.3, 0.4) is 0 Å². The Morgan fingerprint density at radius 3 is 2.08 bits per heavy atom. The summed E-state index contributed by atoms with van der Waals surface area (Å²) < 4.78 is 3.60. The predicted octanol–water partition coefficient (Wildman–Crippen LogP) is 4.11. The molecule has 0 unspecified atom stereocenters. The van der Waals surface area contributed by atoms with E-state index >= 15 is 0 Å². The van der Waals surface area contributed by atoms with Crippen molar-refractivity contribution in [2.45, 2.75) is 43.1 Å². The van der Waals surface area contributed by atoms with Crippen LogP contribution in [0.4, 0.5) is 0 Å². The number of rotatable bonds is 3. The van der Waals surface area contributed by atoms with Crippen molar-refractivity contribution in [2.24, 2.45) is 0 Å². The quantitative estimate of drug-likeness (QED) is 0.663. The Bertz CT molecular complexity index is 191. The standard InChI is InChI=1S/C5H5.2C3H7.Ru/c1-2-4-5-3-1;2*1-3-2;/h1-3H,4H2;2*3H,1-2H3;. The third-order valence-electron chi connectivity index (χ3n) is 1.86. The Labute approximate surface area is 81.6 Å². The first-order valence-electron chi connectivity index (χ1n) is 4.61. The van der Waals surface area contributed by atoms with Gasteiger partial charge in [0.25, 0.3) is 0 Å². The van der Waals surface area contributed by atoms with Crippen LogP contribution in [0.25, 0.3) is 0 Å². The van der Waals surface area contributed by atoms with Gasteiger partial charge in [0.05, 0.1) is 0 Å². The molecule has 1 heteroatoms. The summed E-state index contributed by atoms with van der Waals surface area (Å²) in [6, 6.07) is 0. The Morgan fingerprint density at radius 1 is 1.17 bits per heavy atom. The third kappa shape index (κ3) is 2.29. The molecule has 1 aliphatic carbocycles. The SMILES string of the molecule is C[CH](C)[Ru]([C]1=CC=CC1)[CH](C)C. The van der Waals surface area contributed by atoms with E-state index in [1.54, 1.807) is 4.17 Å². The van der Waals surface area contributed by atoms with E-state index in [4.69, 9.17) is 0 Å². The van der Waals surface area contributed by atoms with Crippen LogP contribution >= 0.6 is 0 Å². The minimum absolute atomic E-state index is 0.679. The molecule has 0 saturated carbocycles. The zero-order valence-corrected chi connectivity index (χ0v) is 10.2. The summed E-state index contributed by atoms with van der Waals surface area (Å²) in [6.07, 6.45) is 8.12. The summed E-state index contributed by atoms with van der Waals surface area (Å²) in [6.45, 7) is 9.55. The second-order valence-corrected chi connectivity index (χ2v) is 10.2. The fourth-order valence-electron chi connectivity index (χ4n) is 1.56. The van der Waals surface area contributed by atoms with E-state index in [9.17, 15) is 0 Å². The molecule has 0 aromatic heterocycles. The second kappa shape index (κ2) is 4.37. The van der Waals surface area contributed by atoms with Crippen molar-refractivity contribution in [3.63, 3.8) is 0 Å². The molecule has 0 nitrogen and oxygen atoms in total. The second-order valence-electron chi connectivity index (χ2n) is 3.52. The van der Waals surface area contributed by atoms with Crippen molar-refractivity contribution < 1.29 is 16.0 Å². The molecule has 0 heterocycles. The summed E-state index contributed by atoms with van der Waals surface area (Å²) in [5, 5.41) is 0. The van der Waals surface area contributed by atoms with Gasteiger partial charge in [-0.25, -0.2) is 0 Å². The van der Waals surface area contributed by atoms with E-state index in [1.165, 1.54) is 6.42 Å². The molecule has 0 radical (unpaired) electrons. The molecular weight excluding hydrogens is 233 g/mol. The van der Waals surface area contributed by atoms with E-state index in [1.807, 2.05) is 0 Å². The normalized spacial score (nSPS) is 17.5. The van der Waals surface area contributed by atoms with Gasteiger partial charge in [0, 0.05) is 0 Å². The minimum atomic E-state index is -0.679. The molecule has 0 fully saturated rings. The summed E-state index contributed by atoms with van der Waals surface area (Å²) >= 11 is -0.679. The van der Waals surface area contributed by atoms with Gasteiger partial charge in [0.15, 0.2) is 0 Å². The molecule has 0 bridgehead atoms. The molecule has 1 rings (SSSR count). The van der Waals surface area contributed by atoms with E-state index in [-0.39, 0.29) is 0 Å². The van der Waals surface area contributed by atoms with Crippen LogP contribution in [-0.2, 0) is 16.0 Å². The van der Waals surface area contributed by atoms with Gasteiger partial charge < -0.3 is 0 Å². The Morgan fingerprint density at radius 2 is 1.75 bits per heavy atom. The Hall–Kier alpha value is 0.103. The van der Waals surface area contributed by atoms with Gasteiger partial charge in [0.2, 0.25) is 0 Å². The fraction of sp³-hybridized carbons (Fsp3) is 0.636. The van der Waals surface area contributed by atoms with Crippen LogP contribution in [0.15, 0.2) is 22.4 Å². The van der Waals surface area contributed by atoms with Gasteiger partial charge in [-0.15, -0.1) is 0 Å². The van der Waals surface area contributed by atoms with E-state index in [0.717, 1.165) is 9.02 Å². The summed E-state index contributed by atoms with van der Waals surface area (Å²) in [5.74, 6) is 0. The summed E-state index contributed by atoms with van der Waals surface area (Å²) in [7, 11) is 0. The molecular formula is C11H19Ru. The number of hydrogen-bond donors (Lipinski definition) is 0. The van der Waals surface area contributed by atoms with Gasteiger partial charge in [-0.3, -0.25) is 0 Å². The average molecular weight is 252 g/mol. The van der Waals surface area contributed by atoms with Crippen molar-refractivity contribution >= 4 is 0 Å². The van der Waals surface area contributed by atoms with Gasteiger partial charge in [-0.2, -0.15) is 0 Å². The molecule has 0 aliphatic heterocycles. The predicted molar refractivity (Wildman–Crippen MR) is 52.0 cm³/mol. The van der Waals surface area contributed by atoms with E-state index in [0.29, 0.717) is 0 Å². The Balaban J connectivity index is 2.66. The van der Waals surface area contributed by atoms with Crippen LogP contribution in [0.5, 0.6) is 0 Å². The molecule has 12 heavy (non-hydrogen) atoms. The van der Waals surface area contributed by atoms with Crippen LogP contribution in [0.2, 0.25) is 9.02 Å². The summed E-state index contributed by atoms with van der Waals surface area (Å²) in [5.41, 5.74) is 0. The van der Waals surface area contributed by atoms with Crippen molar-refractivity contribution in [1.82, 2.24) is 0 Å². The van der Waals surface area contributed by atoms with Gasteiger partial charge in [-0.1, -0.05) is 0 Å². The van der Waals surface area contributed by atoms with Crippen molar-refractivity contribution in [1.29, 1.82) is 0 Å². The Kier molecular flexibility index (Phi) is 3.71. The third-order valence-corrected chi connectivity index (χ3v) is 8.12. The maximum atomic E-state index is 2.39. The first-order valence-corrected chi connectivity index (χ1v) is 7.49. The maximum absolute atomic E-state index is 2.39. The topological polar surface area (TPSA) is 0 Å². The number of allylic oxidation sites excluding steroid dienone is 4. The number of hydrogen-bond acceptors (Lipinski definition) is 0. The monoisotopic (exact) mass is 253 g/mol. The van der Waals surface area contributed by atoms with Gasteiger partial charge in [0.1, 0.15) is 0 Å². The fourth-order valence-corrected chi connectivity index (χ4v) is 7.57. The zero-order valence-electron chi connectivity index (χ0n) is 8.45. The molecule has 0 atom stereocenters. The van der Waals surface area contributed by atoms with Crippen LogP contribution in [0, 0.1) is 0 Å². The zero-order chi connectivity index (χ0) is 9.14. The molecule has 0 amide bonds. The van der Waals surface area contributed by atoms with Gasteiger partial charge in [-0.05, 0) is 0 Å². The molecule has 0 aromatic rings. The van der Waals surface area contributed by atoms with Gasteiger partial charge >= 0.3 is 81.5 Å².